The summed E-state index contributed by atoms with van der Waals surface area (Å²) in [5.41, 5.74) is 6.49. The average Bonchev–Trinajstić information content (AvgIpc) is 3.42. The van der Waals surface area contributed by atoms with Crippen molar-refractivity contribution < 1.29 is 9.53 Å². The first-order valence-electron chi connectivity index (χ1n) is 10.9. The SMILES string of the molecule is CC1COCCN1C(=O)C1CCc2c(sc3ncnc(Nc4ccc5c(c4)SNN5)c23)C1. The van der Waals surface area contributed by atoms with Gasteiger partial charge in [0.05, 0.1) is 35.2 Å². The molecular weight excluding hydrogens is 444 g/mol. The van der Waals surface area contributed by atoms with Gasteiger partial charge in [0, 0.05) is 23.0 Å². The fourth-order valence-corrected chi connectivity index (χ4v) is 6.72. The van der Waals surface area contributed by atoms with Crippen molar-refractivity contribution in [3.05, 3.63) is 35.0 Å². The molecule has 1 fully saturated rings. The molecule has 32 heavy (non-hydrogen) atoms. The van der Waals surface area contributed by atoms with Gasteiger partial charge < -0.3 is 20.4 Å². The van der Waals surface area contributed by atoms with Crippen LogP contribution in [-0.2, 0) is 22.4 Å². The van der Waals surface area contributed by atoms with E-state index in [0.717, 1.165) is 51.6 Å². The summed E-state index contributed by atoms with van der Waals surface area (Å²) in [7, 11) is 0. The van der Waals surface area contributed by atoms with Gasteiger partial charge in [-0.3, -0.25) is 4.79 Å². The van der Waals surface area contributed by atoms with Crippen molar-refractivity contribution in [2.24, 2.45) is 5.92 Å². The smallest absolute Gasteiger partial charge is 0.226 e. The summed E-state index contributed by atoms with van der Waals surface area (Å²) in [5.74, 6) is 1.14. The summed E-state index contributed by atoms with van der Waals surface area (Å²) < 4.78 is 5.51. The lowest BCUT2D eigenvalue weighted by molar-refractivity contribution is -0.143. The van der Waals surface area contributed by atoms with Crippen LogP contribution < -0.4 is 15.6 Å². The Morgan fingerprint density at radius 1 is 1.34 bits per heavy atom. The fourth-order valence-electron chi connectivity index (χ4n) is 4.76. The summed E-state index contributed by atoms with van der Waals surface area (Å²) in [6.07, 6.45) is 4.14. The quantitative estimate of drug-likeness (QED) is 0.501. The van der Waals surface area contributed by atoms with Crippen molar-refractivity contribution in [2.45, 2.75) is 37.1 Å². The molecule has 2 atom stereocenters. The molecule has 6 rings (SSSR count). The van der Waals surface area contributed by atoms with Crippen LogP contribution in [0.2, 0.25) is 0 Å². The van der Waals surface area contributed by atoms with Crippen LogP contribution in [0, 0.1) is 5.92 Å². The predicted molar refractivity (Wildman–Crippen MR) is 127 cm³/mol. The van der Waals surface area contributed by atoms with Gasteiger partial charge in [0.25, 0.3) is 0 Å². The number of morpholine rings is 1. The van der Waals surface area contributed by atoms with E-state index in [2.05, 4.69) is 44.6 Å². The zero-order valence-electron chi connectivity index (χ0n) is 17.7. The molecule has 0 radical (unpaired) electrons. The van der Waals surface area contributed by atoms with Gasteiger partial charge in [0.15, 0.2) is 0 Å². The Kier molecular flexibility index (Phi) is 5.17. The second-order valence-corrected chi connectivity index (χ2v) is 10.4. The number of nitrogens with zero attached hydrogens (tertiary/aromatic N) is 3. The number of fused-ring (bicyclic) bond motifs is 4. The Hall–Kier alpha value is -2.40. The topological polar surface area (TPSA) is 91.4 Å². The molecule has 1 saturated heterocycles. The first-order chi connectivity index (χ1) is 15.7. The minimum Gasteiger partial charge on any atom is -0.377 e. The number of aromatic nitrogens is 2. The van der Waals surface area contributed by atoms with Gasteiger partial charge in [-0.1, -0.05) is 0 Å². The third kappa shape index (κ3) is 3.51. The minimum absolute atomic E-state index is 0.0363. The first-order valence-corrected chi connectivity index (χ1v) is 12.5. The van der Waals surface area contributed by atoms with E-state index in [1.807, 2.05) is 11.0 Å². The minimum atomic E-state index is 0.0363. The van der Waals surface area contributed by atoms with Crippen LogP contribution in [0.1, 0.15) is 23.8 Å². The maximum absolute atomic E-state index is 13.2. The number of carbonyl (C=O) groups excluding carboxylic acids is 1. The molecule has 0 saturated carbocycles. The summed E-state index contributed by atoms with van der Waals surface area (Å²) in [6.45, 7) is 4.03. The van der Waals surface area contributed by atoms with Crippen LogP contribution in [-0.4, -0.2) is 46.6 Å². The number of anilines is 3. The van der Waals surface area contributed by atoms with E-state index in [9.17, 15) is 4.79 Å². The number of carbonyl (C=O) groups is 1. The second kappa shape index (κ2) is 8.18. The number of rotatable bonds is 3. The Balaban J connectivity index is 1.28. The van der Waals surface area contributed by atoms with Crippen molar-refractivity contribution in [2.75, 3.05) is 30.5 Å². The largest absolute Gasteiger partial charge is 0.377 e. The molecule has 2 aromatic heterocycles. The molecule has 1 aromatic carbocycles. The Labute approximate surface area is 194 Å². The molecule has 0 spiro atoms. The molecule has 3 N–H and O–H groups in total. The highest BCUT2D eigenvalue weighted by atomic mass is 32.2. The standard InChI is InChI=1S/C22H24N6O2S2/c1-12-10-30-7-6-28(12)22(29)13-2-4-15-17(8-13)31-21-19(15)20(23-11-24-21)25-14-3-5-16-18(9-14)32-27-26-16/h3,5,9,11-13,26-27H,2,4,6-8,10H2,1H3,(H,23,24,25). The molecule has 4 heterocycles. The van der Waals surface area contributed by atoms with E-state index < -0.39 is 0 Å². The van der Waals surface area contributed by atoms with E-state index >= 15 is 0 Å². The van der Waals surface area contributed by atoms with Crippen LogP contribution >= 0.6 is 23.3 Å². The number of hydrogen-bond acceptors (Lipinski definition) is 9. The maximum Gasteiger partial charge on any atom is 0.226 e. The molecule has 2 unspecified atom stereocenters. The van der Waals surface area contributed by atoms with E-state index in [1.54, 1.807) is 29.6 Å². The lowest BCUT2D eigenvalue weighted by Crippen LogP contribution is -2.50. The van der Waals surface area contributed by atoms with Crippen LogP contribution in [0.25, 0.3) is 10.2 Å². The van der Waals surface area contributed by atoms with Crippen molar-refractivity contribution in [1.29, 1.82) is 0 Å². The van der Waals surface area contributed by atoms with Gasteiger partial charge in [-0.25, -0.2) is 9.97 Å². The van der Waals surface area contributed by atoms with E-state index in [-0.39, 0.29) is 17.9 Å². The number of benzene rings is 1. The average molecular weight is 469 g/mol. The van der Waals surface area contributed by atoms with Crippen molar-refractivity contribution >= 4 is 56.6 Å². The molecule has 8 nitrogen and oxygen atoms in total. The third-order valence-electron chi connectivity index (χ3n) is 6.44. The zero-order chi connectivity index (χ0) is 21.7. The van der Waals surface area contributed by atoms with Crippen LogP contribution in [0.3, 0.4) is 0 Å². The van der Waals surface area contributed by atoms with Crippen molar-refractivity contribution in [1.82, 2.24) is 19.7 Å². The highest BCUT2D eigenvalue weighted by Gasteiger charge is 2.34. The zero-order valence-corrected chi connectivity index (χ0v) is 19.3. The van der Waals surface area contributed by atoms with Gasteiger partial charge in [0.2, 0.25) is 5.91 Å². The van der Waals surface area contributed by atoms with Crippen LogP contribution in [0.15, 0.2) is 29.4 Å². The van der Waals surface area contributed by atoms with E-state index in [4.69, 9.17) is 4.74 Å². The maximum atomic E-state index is 13.2. The fraction of sp³-hybridized carbons (Fsp3) is 0.409. The number of hydrazine groups is 1. The van der Waals surface area contributed by atoms with Gasteiger partial charge in [0.1, 0.15) is 17.0 Å². The third-order valence-corrected chi connectivity index (χ3v) is 8.36. The molecule has 1 aliphatic carbocycles. The lowest BCUT2D eigenvalue weighted by Gasteiger charge is -2.36. The molecule has 0 bridgehead atoms. The van der Waals surface area contributed by atoms with Gasteiger partial charge >= 0.3 is 0 Å². The molecule has 2 aliphatic heterocycles. The summed E-state index contributed by atoms with van der Waals surface area (Å²) in [5, 5.41) is 4.60. The monoisotopic (exact) mass is 468 g/mol. The van der Waals surface area contributed by atoms with Crippen molar-refractivity contribution in [3.8, 4) is 0 Å². The number of nitrogens with one attached hydrogen (secondary N) is 3. The highest BCUT2D eigenvalue weighted by Crippen LogP contribution is 2.41. The Bertz CT molecular complexity index is 1200. The van der Waals surface area contributed by atoms with Gasteiger partial charge in [-0.05, 0) is 61.9 Å². The van der Waals surface area contributed by atoms with E-state index in [1.165, 1.54) is 10.4 Å². The number of hydrogen-bond donors (Lipinski definition) is 3. The van der Waals surface area contributed by atoms with Crippen LogP contribution in [0.5, 0.6) is 0 Å². The molecule has 3 aliphatic rings. The lowest BCUT2D eigenvalue weighted by atomic mass is 9.86. The second-order valence-electron chi connectivity index (χ2n) is 8.47. The summed E-state index contributed by atoms with van der Waals surface area (Å²) in [4.78, 5) is 30.8. The Morgan fingerprint density at radius 2 is 2.28 bits per heavy atom. The van der Waals surface area contributed by atoms with E-state index in [0.29, 0.717) is 19.8 Å². The molecule has 166 valence electrons. The number of aryl methyl sites for hydroxylation is 1. The summed E-state index contributed by atoms with van der Waals surface area (Å²) >= 11 is 3.26. The molecule has 3 aromatic rings. The number of ether oxygens (including phenoxy) is 1. The Morgan fingerprint density at radius 3 is 3.19 bits per heavy atom. The molecule has 10 heteroatoms. The van der Waals surface area contributed by atoms with Crippen molar-refractivity contribution in [3.63, 3.8) is 0 Å². The normalized spacial score (nSPS) is 22.3. The molecular formula is C22H24N6O2S2. The van der Waals surface area contributed by atoms with Gasteiger partial charge in [-0.2, -0.15) is 4.83 Å². The number of amides is 1. The first kappa shape index (κ1) is 20.2. The summed E-state index contributed by atoms with van der Waals surface area (Å²) in [6, 6.07) is 6.36. The van der Waals surface area contributed by atoms with Crippen LogP contribution in [0.4, 0.5) is 17.2 Å². The predicted octanol–water partition coefficient (Wildman–Crippen LogP) is 3.72. The molecule has 1 amide bonds. The highest BCUT2D eigenvalue weighted by molar-refractivity contribution is 7.98. The van der Waals surface area contributed by atoms with Gasteiger partial charge in [-0.15, -0.1) is 11.3 Å². The number of thiophene rings is 1.